The van der Waals surface area contributed by atoms with Crippen molar-refractivity contribution in [3.63, 3.8) is 0 Å². The molecule has 2 aliphatic carbocycles. The minimum absolute atomic E-state index is 0. The number of carbonyl (C=O) groups excluding carboxylic acids is 1. The number of ketones is 1. The topological polar surface area (TPSA) is 107 Å². The molecule has 2 unspecified atom stereocenters. The quantitative estimate of drug-likeness (QED) is 0.124. The Hall–Kier alpha value is -4.17. The summed E-state index contributed by atoms with van der Waals surface area (Å²) in [6, 6.07) is 26.9. The molecule has 2 bridgehead atoms. The second-order valence-corrected chi connectivity index (χ2v) is 13.0. The smallest absolute Gasteiger partial charge is 0.155 e. The number of fused-ring (bicyclic) bond motifs is 6. The van der Waals surface area contributed by atoms with Gasteiger partial charge in [0.1, 0.15) is 5.82 Å². The van der Waals surface area contributed by atoms with E-state index in [9.17, 15) is 4.79 Å². The zero-order valence-corrected chi connectivity index (χ0v) is 29.8. The van der Waals surface area contributed by atoms with Crippen molar-refractivity contribution in [2.45, 2.75) is 65.3 Å². The molecule has 2 aromatic carbocycles. The Kier molecular flexibility index (Phi) is 10.1. The average molecular weight is 805 g/mol. The summed E-state index contributed by atoms with van der Waals surface area (Å²) in [5, 5.41) is 25.1. The van der Waals surface area contributed by atoms with Crippen molar-refractivity contribution in [1.82, 2.24) is 20.2 Å². The van der Waals surface area contributed by atoms with Gasteiger partial charge in [0.15, 0.2) is 5.78 Å². The molecule has 5 aromatic rings. The van der Waals surface area contributed by atoms with E-state index in [1.54, 1.807) is 0 Å². The number of aliphatic hydroxyl groups excluding tert-OH is 1. The second kappa shape index (κ2) is 13.9. The predicted octanol–water partition coefficient (Wildman–Crippen LogP) is 8.53. The van der Waals surface area contributed by atoms with Crippen LogP contribution >= 0.6 is 0 Å². The molecular formula is C38H40IrN6O2-2. The molecule has 0 spiro atoms. The predicted molar refractivity (Wildman–Crippen MR) is 183 cm³/mol. The standard InChI is InChI=1S/C33H32N6.C5H8O2.Ir/c1-32(2)26-16-17-33(32,3)31-28(26)30(37-38-31)29-25-15-8-7-11-22(25)19-27(36-29)39(24-13-5-4-6-14-24)21-34-20-23-12-9-10-18-35-23;1-4(6)3-5(2)7;/h4-15,18-19,26H,16-17,20-21H2,1-3H3;3,6H,1-2H3;/q-2;;/b;4-3-;. The van der Waals surface area contributed by atoms with Gasteiger partial charge >= 0.3 is 0 Å². The maximum absolute atomic E-state index is 10.0. The third-order valence-corrected chi connectivity index (χ3v) is 9.81. The molecule has 1 saturated carbocycles. The number of para-hydroxylation sites is 1. The molecular weight excluding hydrogens is 765 g/mol. The Labute approximate surface area is 290 Å². The Balaban J connectivity index is 0.000000491. The fraction of sp³-hybridized carbons (Fsp3) is 0.316. The normalized spacial score (nSPS) is 19.0. The van der Waals surface area contributed by atoms with Gasteiger partial charge in [0.05, 0.1) is 11.5 Å². The maximum atomic E-state index is 10.0. The van der Waals surface area contributed by atoms with E-state index in [0.29, 0.717) is 19.1 Å². The first-order valence-corrected chi connectivity index (χ1v) is 15.8. The van der Waals surface area contributed by atoms with Gasteiger partial charge in [-0.25, -0.2) is 4.98 Å². The van der Waals surface area contributed by atoms with Crippen LogP contribution in [0.4, 0.5) is 11.5 Å². The number of carbonyl (C=O) groups is 1. The van der Waals surface area contributed by atoms with Gasteiger partial charge in [0, 0.05) is 60.3 Å². The van der Waals surface area contributed by atoms with Gasteiger partial charge in [-0.2, -0.15) is 0 Å². The summed E-state index contributed by atoms with van der Waals surface area (Å²) in [7, 11) is 0. The number of aromatic nitrogens is 4. The van der Waals surface area contributed by atoms with E-state index in [-0.39, 0.29) is 42.5 Å². The van der Waals surface area contributed by atoms with Crippen LogP contribution in [0.5, 0.6) is 0 Å². The Morgan fingerprint density at radius 2 is 1.77 bits per heavy atom. The van der Waals surface area contributed by atoms with E-state index in [2.05, 4.69) is 85.3 Å². The van der Waals surface area contributed by atoms with Crippen molar-refractivity contribution in [3.8, 4) is 11.4 Å². The molecule has 1 radical (unpaired) electrons. The van der Waals surface area contributed by atoms with Crippen LogP contribution in [-0.4, -0.2) is 32.6 Å². The van der Waals surface area contributed by atoms with E-state index in [1.165, 1.54) is 44.0 Å². The first-order chi connectivity index (χ1) is 22.1. The van der Waals surface area contributed by atoms with Gasteiger partial charge in [-0.3, -0.25) is 9.78 Å². The SMILES string of the molecule is CC(=O)/C=C(/C)O.CC12CCC(c3c1n[n-]c3-c1nc(N(C[N-]Cc3ccccn3)c3ccccc3)cc3ccccc13)C2(C)C.[Ir]. The molecule has 47 heavy (non-hydrogen) atoms. The number of nitrogens with zero attached hydrogens (tertiary/aromatic N) is 6. The molecule has 1 fully saturated rings. The first-order valence-electron chi connectivity index (χ1n) is 15.8. The van der Waals surface area contributed by atoms with Gasteiger partial charge in [-0.05, 0) is 79.3 Å². The number of allylic oxidation sites excluding steroid dienone is 2. The van der Waals surface area contributed by atoms with Gasteiger partial charge in [-0.15, -0.1) is 6.54 Å². The molecule has 7 rings (SSSR count). The number of aliphatic hydroxyl groups is 1. The number of benzene rings is 2. The van der Waals surface area contributed by atoms with Crippen molar-refractivity contribution in [2.75, 3.05) is 11.6 Å². The third kappa shape index (κ3) is 6.53. The number of anilines is 2. The van der Waals surface area contributed by atoms with Crippen LogP contribution in [0, 0.1) is 5.41 Å². The molecule has 0 aliphatic heterocycles. The van der Waals surface area contributed by atoms with Crippen LogP contribution in [0.15, 0.2) is 96.9 Å². The minimum atomic E-state index is -0.125. The van der Waals surface area contributed by atoms with Crippen LogP contribution in [0.2, 0.25) is 0 Å². The molecule has 1 N–H and O–H groups in total. The monoisotopic (exact) mass is 805 g/mol. The van der Waals surface area contributed by atoms with Crippen LogP contribution in [0.25, 0.3) is 27.5 Å². The van der Waals surface area contributed by atoms with E-state index in [1.807, 2.05) is 30.5 Å². The molecule has 3 aromatic heterocycles. The summed E-state index contributed by atoms with van der Waals surface area (Å²) in [4.78, 5) is 22.0. The van der Waals surface area contributed by atoms with E-state index < -0.39 is 0 Å². The van der Waals surface area contributed by atoms with Crippen LogP contribution < -0.4 is 10.00 Å². The Morgan fingerprint density at radius 1 is 1.04 bits per heavy atom. The van der Waals surface area contributed by atoms with Gasteiger partial charge < -0.3 is 25.5 Å². The second-order valence-electron chi connectivity index (χ2n) is 13.0. The molecule has 2 aliphatic rings. The molecule has 0 saturated heterocycles. The molecule has 3 heterocycles. The fourth-order valence-corrected chi connectivity index (χ4v) is 7.11. The summed E-state index contributed by atoms with van der Waals surface area (Å²) in [5.41, 5.74) is 6.57. The molecule has 8 nitrogen and oxygen atoms in total. The largest absolute Gasteiger partial charge is 0.640 e. The fourth-order valence-electron chi connectivity index (χ4n) is 7.11. The zero-order chi connectivity index (χ0) is 32.5. The van der Waals surface area contributed by atoms with Gasteiger partial charge in [-0.1, -0.05) is 81.7 Å². The van der Waals surface area contributed by atoms with Gasteiger partial charge in [0.2, 0.25) is 0 Å². The zero-order valence-electron chi connectivity index (χ0n) is 27.4. The van der Waals surface area contributed by atoms with Crippen molar-refractivity contribution in [2.24, 2.45) is 5.41 Å². The third-order valence-electron chi connectivity index (χ3n) is 9.81. The van der Waals surface area contributed by atoms with Gasteiger partial charge in [0.25, 0.3) is 0 Å². The number of hydrogen-bond donors (Lipinski definition) is 1. The minimum Gasteiger partial charge on any atom is -0.640 e. The molecule has 245 valence electrons. The Bertz CT molecular complexity index is 1880. The van der Waals surface area contributed by atoms with Crippen molar-refractivity contribution < 1.29 is 30.0 Å². The van der Waals surface area contributed by atoms with E-state index in [4.69, 9.17) is 25.6 Å². The number of hydrogen-bond acceptors (Lipinski definition) is 6. The maximum Gasteiger partial charge on any atom is 0.155 e. The van der Waals surface area contributed by atoms with Crippen molar-refractivity contribution >= 4 is 28.1 Å². The molecule has 2 atom stereocenters. The number of pyridine rings is 2. The first kappa shape index (κ1) is 34.2. The summed E-state index contributed by atoms with van der Waals surface area (Å²) in [6.07, 6.45) is 5.32. The number of rotatable bonds is 8. The van der Waals surface area contributed by atoms with Crippen LogP contribution in [-0.2, 0) is 36.9 Å². The molecule has 0 amide bonds. The summed E-state index contributed by atoms with van der Waals surface area (Å²) >= 11 is 0. The van der Waals surface area contributed by atoms with Crippen LogP contribution in [0.3, 0.4) is 0 Å². The average Bonchev–Trinajstić information content (AvgIpc) is 3.63. The molecule has 9 heteroatoms. The van der Waals surface area contributed by atoms with Crippen LogP contribution in [0.1, 0.15) is 70.3 Å². The van der Waals surface area contributed by atoms with Crippen molar-refractivity contribution in [1.29, 1.82) is 0 Å². The van der Waals surface area contributed by atoms with Crippen molar-refractivity contribution in [3.05, 3.63) is 119 Å². The summed E-state index contributed by atoms with van der Waals surface area (Å²) in [6.45, 7) is 11.0. The summed E-state index contributed by atoms with van der Waals surface area (Å²) in [5.74, 6) is 1.24. The van der Waals surface area contributed by atoms with E-state index in [0.717, 1.165) is 39.4 Å². The Morgan fingerprint density at radius 3 is 2.45 bits per heavy atom. The van der Waals surface area contributed by atoms with E-state index >= 15 is 0 Å². The summed E-state index contributed by atoms with van der Waals surface area (Å²) < 4.78 is 0.